The molecule has 9 heteroatoms. The molecular formula is C37H38N2O7. The summed E-state index contributed by atoms with van der Waals surface area (Å²) in [6.45, 7) is 1.55. The summed E-state index contributed by atoms with van der Waals surface area (Å²) in [6, 6.07) is 16.8. The van der Waals surface area contributed by atoms with Crippen LogP contribution in [0.2, 0.25) is 0 Å². The van der Waals surface area contributed by atoms with Crippen LogP contribution in [0.4, 0.5) is 5.82 Å². The van der Waals surface area contributed by atoms with Crippen molar-refractivity contribution in [3.63, 3.8) is 0 Å². The van der Waals surface area contributed by atoms with Crippen LogP contribution < -0.4 is 19.9 Å². The number of anilines is 1. The number of ether oxygens (including phenoxy) is 4. The Kier molecular flexibility index (Phi) is 7.42. The molecule has 1 saturated carbocycles. The van der Waals surface area contributed by atoms with Gasteiger partial charge >= 0.3 is 5.97 Å². The van der Waals surface area contributed by atoms with Gasteiger partial charge < -0.3 is 34.9 Å². The summed E-state index contributed by atoms with van der Waals surface area (Å²) < 4.78 is 23.9. The number of carbonyl (C=O) groups excluding carboxylic acids is 1. The molecule has 4 unspecified atom stereocenters. The normalized spacial score (nSPS) is 22.5. The Morgan fingerprint density at radius 2 is 1.89 bits per heavy atom. The number of pyridine rings is 1. The van der Waals surface area contributed by atoms with Crippen molar-refractivity contribution in [1.29, 1.82) is 0 Å². The highest BCUT2D eigenvalue weighted by Crippen LogP contribution is 2.62. The zero-order valence-corrected chi connectivity index (χ0v) is 26.2. The van der Waals surface area contributed by atoms with Gasteiger partial charge in [-0.1, -0.05) is 24.3 Å². The molecule has 1 aromatic heterocycles. The second-order valence-electron chi connectivity index (χ2n) is 12.8. The lowest BCUT2D eigenvalue weighted by Crippen LogP contribution is -2.31. The number of nitrogens with two attached hydrogens (primary N) is 1. The summed E-state index contributed by atoms with van der Waals surface area (Å²) in [7, 11) is 3.14. The van der Waals surface area contributed by atoms with Crippen LogP contribution >= 0.6 is 0 Å². The first kappa shape index (κ1) is 29.8. The standard InChI is InChI=1S/C37H38N2O7/c1-20(40)45-19-28-26-6-7-27-33-24(13-25(41)15-31(33)44-3)17-37(11-10-21(16-37)12-22-4-9-32(38)39-18-22)34(27)36(26)46-35(28)23-5-8-29(42)30(14-23)43-2/h4-9,13-15,18,21,28,35,41-42H,10-12,16-17,19H2,1-3H3,(H2,38,39). The molecule has 4 N–H and O–H groups in total. The fraction of sp³-hybridized carbons (Fsp3) is 0.351. The first-order chi connectivity index (χ1) is 22.2. The second-order valence-corrected chi connectivity index (χ2v) is 12.8. The van der Waals surface area contributed by atoms with Gasteiger partial charge in [0, 0.05) is 41.3 Å². The van der Waals surface area contributed by atoms with Gasteiger partial charge in [0.1, 0.15) is 35.8 Å². The predicted octanol–water partition coefficient (Wildman–Crippen LogP) is 6.38. The Morgan fingerprint density at radius 3 is 2.63 bits per heavy atom. The van der Waals surface area contributed by atoms with E-state index in [9.17, 15) is 15.0 Å². The molecule has 0 amide bonds. The maximum Gasteiger partial charge on any atom is 0.302 e. The minimum absolute atomic E-state index is 0.0369. The van der Waals surface area contributed by atoms with E-state index in [-0.39, 0.29) is 35.4 Å². The number of aromatic nitrogens is 1. The number of carbonyl (C=O) groups is 1. The zero-order chi connectivity index (χ0) is 32.2. The molecule has 238 valence electrons. The summed E-state index contributed by atoms with van der Waals surface area (Å²) in [4.78, 5) is 16.3. The third kappa shape index (κ3) is 5.04. The van der Waals surface area contributed by atoms with Crippen LogP contribution in [-0.2, 0) is 27.8 Å². The van der Waals surface area contributed by atoms with Gasteiger partial charge in [-0.05, 0) is 84.5 Å². The topological polar surface area (TPSA) is 133 Å². The molecule has 4 atom stereocenters. The first-order valence-corrected chi connectivity index (χ1v) is 15.6. The lowest BCUT2D eigenvalue weighted by atomic mass is 9.65. The van der Waals surface area contributed by atoms with Crippen LogP contribution in [0.3, 0.4) is 0 Å². The van der Waals surface area contributed by atoms with Crippen molar-refractivity contribution in [1.82, 2.24) is 4.98 Å². The number of nitrogens with zero attached hydrogens (tertiary/aromatic N) is 1. The molecule has 7 rings (SSSR count). The third-order valence-electron chi connectivity index (χ3n) is 10.00. The lowest BCUT2D eigenvalue weighted by Gasteiger charge is -2.39. The summed E-state index contributed by atoms with van der Waals surface area (Å²) >= 11 is 0. The summed E-state index contributed by atoms with van der Waals surface area (Å²) in [6.07, 6.45) is 5.89. The SMILES string of the molecule is COc1cc(C2Oc3c(ccc4c3C3(CCC(Cc5ccc(N)nc5)C3)Cc3cc(O)cc(OC)c3-4)C2COC(C)=O)ccc1O. The zero-order valence-electron chi connectivity index (χ0n) is 26.2. The highest BCUT2D eigenvalue weighted by Gasteiger charge is 2.50. The molecule has 0 radical (unpaired) electrons. The number of aromatic hydroxyl groups is 2. The van der Waals surface area contributed by atoms with Crippen LogP contribution in [0, 0.1) is 5.92 Å². The van der Waals surface area contributed by atoms with Crippen LogP contribution in [0.1, 0.15) is 66.0 Å². The number of hydrogen-bond donors (Lipinski definition) is 3. The highest BCUT2D eigenvalue weighted by molar-refractivity contribution is 5.84. The highest BCUT2D eigenvalue weighted by atomic mass is 16.5. The van der Waals surface area contributed by atoms with E-state index in [1.165, 1.54) is 14.0 Å². The molecule has 2 heterocycles. The van der Waals surface area contributed by atoms with Gasteiger partial charge in [0.05, 0.1) is 20.1 Å². The largest absolute Gasteiger partial charge is 0.508 e. The van der Waals surface area contributed by atoms with Gasteiger partial charge in [0.25, 0.3) is 0 Å². The van der Waals surface area contributed by atoms with Gasteiger partial charge in [-0.2, -0.15) is 0 Å². The number of nitrogen functional groups attached to an aromatic ring is 1. The Morgan fingerprint density at radius 1 is 1.07 bits per heavy atom. The predicted molar refractivity (Wildman–Crippen MR) is 173 cm³/mol. The number of benzene rings is 3. The average Bonchev–Trinajstić information content (AvgIpc) is 3.61. The molecule has 3 aliphatic rings. The Labute approximate surface area is 267 Å². The third-order valence-corrected chi connectivity index (χ3v) is 10.00. The van der Waals surface area contributed by atoms with Crippen molar-refractivity contribution in [2.75, 3.05) is 26.6 Å². The summed E-state index contributed by atoms with van der Waals surface area (Å²) in [5.41, 5.74) is 12.7. The minimum Gasteiger partial charge on any atom is -0.508 e. The van der Waals surface area contributed by atoms with Gasteiger partial charge in [-0.3, -0.25) is 4.79 Å². The van der Waals surface area contributed by atoms with E-state index in [4.69, 9.17) is 24.7 Å². The maximum absolute atomic E-state index is 12.0. The van der Waals surface area contributed by atoms with Crippen molar-refractivity contribution in [3.8, 4) is 39.9 Å². The van der Waals surface area contributed by atoms with E-state index in [0.29, 0.717) is 23.2 Å². The monoisotopic (exact) mass is 622 g/mol. The molecule has 1 spiro atoms. The summed E-state index contributed by atoms with van der Waals surface area (Å²) in [5.74, 6) is 2.25. The molecule has 9 nitrogen and oxygen atoms in total. The quantitative estimate of drug-likeness (QED) is 0.201. The van der Waals surface area contributed by atoms with E-state index >= 15 is 0 Å². The van der Waals surface area contributed by atoms with Gasteiger partial charge in [0.2, 0.25) is 0 Å². The number of fused-ring (bicyclic) bond motifs is 6. The number of rotatable bonds is 7. The van der Waals surface area contributed by atoms with Gasteiger partial charge in [-0.25, -0.2) is 4.98 Å². The molecule has 1 fully saturated rings. The van der Waals surface area contributed by atoms with Gasteiger partial charge in [-0.15, -0.1) is 0 Å². The van der Waals surface area contributed by atoms with Crippen molar-refractivity contribution >= 4 is 11.8 Å². The van der Waals surface area contributed by atoms with E-state index in [1.807, 2.05) is 24.4 Å². The van der Waals surface area contributed by atoms with Crippen LogP contribution in [0.5, 0.6) is 28.7 Å². The van der Waals surface area contributed by atoms with E-state index in [2.05, 4.69) is 23.2 Å². The molecule has 1 aliphatic heterocycles. The number of esters is 1. The van der Waals surface area contributed by atoms with Crippen LogP contribution in [0.25, 0.3) is 11.1 Å². The molecular weight excluding hydrogens is 584 g/mol. The molecule has 0 bridgehead atoms. The number of phenols is 2. The first-order valence-electron chi connectivity index (χ1n) is 15.6. The fourth-order valence-corrected chi connectivity index (χ4v) is 8.09. The minimum atomic E-state index is -0.478. The van der Waals surface area contributed by atoms with Crippen LogP contribution in [-0.4, -0.2) is 42.0 Å². The number of methoxy groups -OCH3 is 2. The molecule has 0 saturated heterocycles. The van der Waals surface area contributed by atoms with Crippen molar-refractivity contribution in [2.24, 2.45) is 5.92 Å². The van der Waals surface area contributed by atoms with Crippen molar-refractivity contribution in [2.45, 2.75) is 56.5 Å². The van der Waals surface area contributed by atoms with E-state index in [1.54, 1.807) is 25.3 Å². The Bertz CT molecular complexity index is 1820. The van der Waals surface area contributed by atoms with E-state index in [0.717, 1.165) is 76.8 Å². The van der Waals surface area contributed by atoms with E-state index < -0.39 is 6.10 Å². The molecule has 3 aromatic carbocycles. The summed E-state index contributed by atoms with van der Waals surface area (Å²) in [5, 5.41) is 21.0. The number of hydrogen-bond acceptors (Lipinski definition) is 9. The average molecular weight is 623 g/mol. The number of phenolic OH excluding ortho intramolecular Hbond substituents is 2. The molecule has 46 heavy (non-hydrogen) atoms. The van der Waals surface area contributed by atoms with Crippen molar-refractivity contribution in [3.05, 3.63) is 88.6 Å². The van der Waals surface area contributed by atoms with Gasteiger partial charge in [0.15, 0.2) is 11.5 Å². The maximum atomic E-state index is 12.0. The Balaban J connectivity index is 1.37. The molecule has 4 aromatic rings. The fourth-order valence-electron chi connectivity index (χ4n) is 8.09. The molecule has 2 aliphatic carbocycles. The second kappa shape index (κ2) is 11.5. The van der Waals surface area contributed by atoms with Crippen molar-refractivity contribution < 1.29 is 34.0 Å². The smallest absolute Gasteiger partial charge is 0.302 e. The van der Waals surface area contributed by atoms with Crippen LogP contribution in [0.15, 0.2) is 60.8 Å². The lowest BCUT2D eigenvalue weighted by molar-refractivity contribution is -0.141. The Hall–Kier alpha value is -4.92.